The third-order valence-electron chi connectivity index (χ3n) is 3.04. The Hall–Kier alpha value is -1.29. The molecule has 0 bridgehead atoms. The van der Waals surface area contributed by atoms with Gasteiger partial charge in [0.2, 0.25) is 0 Å². The molecule has 1 fully saturated rings. The van der Waals surface area contributed by atoms with Crippen molar-refractivity contribution < 1.29 is 4.79 Å². The molecule has 1 unspecified atom stereocenters. The molecular weight excluding hydrogens is 238 g/mol. The predicted molar refractivity (Wildman–Crippen MR) is 68.5 cm³/mol. The van der Waals surface area contributed by atoms with Crippen LogP contribution in [0.5, 0.6) is 0 Å². The van der Waals surface area contributed by atoms with Gasteiger partial charge in [-0.1, -0.05) is 18.5 Å². The number of nitrogens with one attached hydrogen (secondary N) is 1. The lowest BCUT2D eigenvalue weighted by Gasteiger charge is -2.16. The maximum absolute atomic E-state index is 12.2. The molecule has 0 aromatic carbocycles. The maximum atomic E-state index is 12.2. The fraction of sp³-hybridized carbons (Fsp3) is 0.500. The first kappa shape index (κ1) is 12.2. The largest absolute Gasteiger partial charge is 0.372 e. The van der Waals surface area contributed by atoms with Crippen LogP contribution in [0.15, 0.2) is 12.3 Å². The summed E-state index contributed by atoms with van der Waals surface area (Å²) in [5.41, 5.74) is 0.558. The molecule has 5 heteroatoms. The van der Waals surface area contributed by atoms with Gasteiger partial charge in [0.25, 0.3) is 5.91 Å². The van der Waals surface area contributed by atoms with E-state index in [2.05, 4.69) is 17.2 Å². The van der Waals surface area contributed by atoms with Crippen molar-refractivity contribution in [1.82, 2.24) is 9.88 Å². The van der Waals surface area contributed by atoms with Crippen LogP contribution in [0.3, 0.4) is 0 Å². The average molecular weight is 254 g/mol. The summed E-state index contributed by atoms with van der Waals surface area (Å²) in [7, 11) is 1.75. The Morgan fingerprint density at radius 3 is 2.94 bits per heavy atom. The van der Waals surface area contributed by atoms with Crippen molar-refractivity contribution in [3.05, 3.63) is 22.8 Å². The van der Waals surface area contributed by atoms with Gasteiger partial charge in [0.15, 0.2) is 0 Å². The molecule has 1 aromatic rings. The van der Waals surface area contributed by atoms with Crippen LogP contribution in [0.1, 0.15) is 23.7 Å². The molecule has 2 heterocycles. The fourth-order valence-corrected chi connectivity index (χ4v) is 2.30. The zero-order chi connectivity index (χ0) is 12.4. The molecule has 0 saturated carbocycles. The summed E-state index contributed by atoms with van der Waals surface area (Å²) < 4.78 is 0. The summed E-state index contributed by atoms with van der Waals surface area (Å²) in [6.07, 6.45) is 2.64. The molecule has 1 N–H and O–H groups in total. The second-order valence-electron chi connectivity index (χ2n) is 4.45. The molecule has 1 aliphatic heterocycles. The molecule has 0 radical (unpaired) electrons. The number of halogens is 1. The van der Waals surface area contributed by atoms with Crippen molar-refractivity contribution in [2.24, 2.45) is 5.92 Å². The van der Waals surface area contributed by atoms with E-state index in [0.29, 0.717) is 22.3 Å². The molecule has 17 heavy (non-hydrogen) atoms. The number of nitrogens with zero attached hydrogens (tertiary/aromatic N) is 2. The van der Waals surface area contributed by atoms with E-state index in [4.69, 9.17) is 11.6 Å². The molecule has 2 rings (SSSR count). The first-order valence-corrected chi connectivity index (χ1v) is 6.12. The van der Waals surface area contributed by atoms with Crippen LogP contribution in [-0.4, -0.2) is 35.9 Å². The number of aromatic nitrogens is 1. The van der Waals surface area contributed by atoms with E-state index in [1.807, 2.05) is 4.90 Å². The van der Waals surface area contributed by atoms with Gasteiger partial charge in [-0.15, -0.1) is 0 Å². The van der Waals surface area contributed by atoms with Gasteiger partial charge in [0, 0.05) is 26.3 Å². The monoisotopic (exact) mass is 253 g/mol. The Kier molecular flexibility index (Phi) is 3.52. The highest BCUT2D eigenvalue weighted by Gasteiger charge is 2.24. The number of rotatable bonds is 2. The number of carbonyl (C=O) groups excluding carboxylic acids is 1. The fourth-order valence-electron chi connectivity index (χ4n) is 2.04. The first-order chi connectivity index (χ1) is 8.11. The predicted octanol–water partition coefficient (Wildman–Crippen LogP) is 2.26. The highest BCUT2D eigenvalue weighted by atomic mass is 35.5. The quantitative estimate of drug-likeness (QED) is 0.879. The lowest BCUT2D eigenvalue weighted by Crippen LogP contribution is -2.28. The minimum Gasteiger partial charge on any atom is -0.372 e. The van der Waals surface area contributed by atoms with Gasteiger partial charge in [0.05, 0.1) is 10.6 Å². The van der Waals surface area contributed by atoms with E-state index in [1.165, 1.54) is 0 Å². The van der Waals surface area contributed by atoms with Gasteiger partial charge in [-0.25, -0.2) is 4.98 Å². The second-order valence-corrected chi connectivity index (χ2v) is 4.86. The molecule has 1 aliphatic rings. The van der Waals surface area contributed by atoms with E-state index in [-0.39, 0.29) is 5.91 Å². The Bertz CT molecular complexity index is 436. The maximum Gasteiger partial charge on any atom is 0.255 e. The Morgan fingerprint density at radius 1 is 1.65 bits per heavy atom. The molecule has 1 saturated heterocycles. The molecule has 1 aromatic heterocycles. The molecule has 1 atom stereocenters. The normalized spacial score (nSPS) is 19.5. The number of likely N-dealkylation sites (tertiary alicyclic amines) is 1. The van der Waals surface area contributed by atoms with Gasteiger partial charge >= 0.3 is 0 Å². The van der Waals surface area contributed by atoms with Crippen molar-refractivity contribution in [2.75, 3.05) is 25.5 Å². The Balaban J connectivity index is 2.17. The average Bonchev–Trinajstić information content (AvgIpc) is 2.75. The van der Waals surface area contributed by atoms with Gasteiger partial charge < -0.3 is 10.2 Å². The van der Waals surface area contributed by atoms with Crippen LogP contribution in [-0.2, 0) is 0 Å². The third kappa shape index (κ3) is 2.52. The number of pyridine rings is 1. The van der Waals surface area contributed by atoms with Crippen LogP contribution in [0.4, 0.5) is 5.82 Å². The van der Waals surface area contributed by atoms with E-state index in [0.717, 1.165) is 19.5 Å². The number of amides is 1. The van der Waals surface area contributed by atoms with Crippen molar-refractivity contribution >= 4 is 23.3 Å². The van der Waals surface area contributed by atoms with Crippen molar-refractivity contribution in [1.29, 1.82) is 0 Å². The lowest BCUT2D eigenvalue weighted by atomic mass is 10.2. The van der Waals surface area contributed by atoms with Crippen LogP contribution >= 0.6 is 11.6 Å². The standard InChI is InChI=1S/C12H16ClN3O/c1-8-3-4-16(7-8)12(17)9-5-10(13)11(14-2)15-6-9/h5-6,8H,3-4,7H2,1-2H3,(H,14,15). The summed E-state index contributed by atoms with van der Waals surface area (Å²) in [6, 6.07) is 1.67. The number of hydrogen-bond acceptors (Lipinski definition) is 3. The molecule has 0 spiro atoms. The van der Waals surface area contributed by atoms with Gasteiger partial charge in [-0.05, 0) is 18.4 Å². The Morgan fingerprint density at radius 2 is 2.41 bits per heavy atom. The second kappa shape index (κ2) is 4.92. The van der Waals surface area contributed by atoms with Gasteiger partial charge in [-0.2, -0.15) is 0 Å². The number of anilines is 1. The smallest absolute Gasteiger partial charge is 0.255 e. The zero-order valence-electron chi connectivity index (χ0n) is 10.0. The lowest BCUT2D eigenvalue weighted by molar-refractivity contribution is 0.0787. The molecule has 0 aliphatic carbocycles. The van der Waals surface area contributed by atoms with Crippen molar-refractivity contribution in [3.8, 4) is 0 Å². The van der Waals surface area contributed by atoms with Crippen LogP contribution in [0.2, 0.25) is 5.02 Å². The van der Waals surface area contributed by atoms with Crippen LogP contribution < -0.4 is 5.32 Å². The summed E-state index contributed by atoms with van der Waals surface area (Å²) in [6.45, 7) is 3.80. The van der Waals surface area contributed by atoms with E-state index >= 15 is 0 Å². The first-order valence-electron chi connectivity index (χ1n) is 5.74. The molecule has 4 nitrogen and oxygen atoms in total. The zero-order valence-corrected chi connectivity index (χ0v) is 10.8. The van der Waals surface area contributed by atoms with Crippen molar-refractivity contribution in [3.63, 3.8) is 0 Å². The third-order valence-corrected chi connectivity index (χ3v) is 3.32. The van der Waals surface area contributed by atoms with Gasteiger partial charge in [0.1, 0.15) is 5.82 Å². The summed E-state index contributed by atoms with van der Waals surface area (Å²) in [4.78, 5) is 18.1. The summed E-state index contributed by atoms with van der Waals surface area (Å²) >= 11 is 6.01. The molecule has 92 valence electrons. The van der Waals surface area contributed by atoms with Crippen molar-refractivity contribution in [2.45, 2.75) is 13.3 Å². The van der Waals surface area contributed by atoms with Gasteiger partial charge in [-0.3, -0.25) is 4.79 Å². The number of hydrogen-bond donors (Lipinski definition) is 1. The minimum absolute atomic E-state index is 0.0198. The highest BCUT2D eigenvalue weighted by molar-refractivity contribution is 6.33. The SMILES string of the molecule is CNc1ncc(C(=O)N2CCC(C)C2)cc1Cl. The number of carbonyl (C=O) groups is 1. The van der Waals surface area contributed by atoms with Crippen LogP contribution in [0.25, 0.3) is 0 Å². The van der Waals surface area contributed by atoms with Crippen LogP contribution in [0, 0.1) is 5.92 Å². The Labute approximate surface area is 106 Å². The van der Waals surface area contributed by atoms with E-state index < -0.39 is 0 Å². The van der Waals surface area contributed by atoms with E-state index in [9.17, 15) is 4.79 Å². The topological polar surface area (TPSA) is 45.2 Å². The summed E-state index contributed by atoms with van der Waals surface area (Å²) in [5, 5.41) is 3.35. The molecular formula is C12H16ClN3O. The minimum atomic E-state index is 0.0198. The summed E-state index contributed by atoms with van der Waals surface area (Å²) in [5.74, 6) is 1.20. The highest BCUT2D eigenvalue weighted by Crippen LogP contribution is 2.22. The van der Waals surface area contributed by atoms with E-state index in [1.54, 1.807) is 19.3 Å². The molecule has 1 amide bonds.